The van der Waals surface area contributed by atoms with Gasteiger partial charge in [0.05, 0.1) is 17.8 Å². The molecular weight excluding hydrogens is 296 g/mol. The summed E-state index contributed by atoms with van der Waals surface area (Å²) < 4.78 is 5.24. The Hall–Kier alpha value is -1.59. The van der Waals surface area contributed by atoms with E-state index in [1.165, 1.54) is 18.4 Å². The van der Waals surface area contributed by atoms with Gasteiger partial charge in [-0.25, -0.2) is 4.98 Å². The minimum atomic E-state index is -0.244. The molecule has 2 rings (SSSR count). The van der Waals surface area contributed by atoms with Crippen LogP contribution in [0.1, 0.15) is 25.9 Å². The number of anilines is 1. The van der Waals surface area contributed by atoms with Crippen molar-refractivity contribution in [3.05, 3.63) is 38.3 Å². The largest absolute Gasteiger partial charge is 0.495 e. The Balaban J connectivity index is 2.32. The number of amides is 1. The number of carbonyl (C=O) groups is 1. The molecule has 0 bridgehead atoms. The van der Waals surface area contributed by atoms with Gasteiger partial charge < -0.3 is 10.1 Å². The Kier molecular flexibility index (Phi) is 4.30. The van der Waals surface area contributed by atoms with E-state index in [9.17, 15) is 4.79 Å². The molecule has 4 nitrogen and oxygen atoms in total. The smallest absolute Gasteiger partial charge is 0.275 e. The molecule has 0 saturated heterocycles. The van der Waals surface area contributed by atoms with Crippen LogP contribution >= 0.6 is 22.9 Å². The van der Waals surface area contributed by atoms with Crippen molar-refractivity contribution in [3.8, 4) is 5.75 Å². The molecule has 0 unspecified atom stereocenters. The Labute approximate surface area is 126 Å². The van der Waals surface area contributed by atoms with Crippen LogP contribution < -0.4 is 10.1 Å². The Bertz CT molecular complexity index is 667. The highest BCUT2D eigenvalue weighted by molar-refractivity contribution is 7.11. The van der Waals surface area contributed by atoms with Crippen LogP contribution in [0, 0.1) is 20.8 Å². The summed E-state index contributed by atoms with van der Waals surface area (Å²) in [7, 11) is 1.54. The van der Waals surface area contributed by atoms with E-state index in [-0.39, 0.29) is 5.91 Å². The first-order valence-corrected chi connectivity index (χ1v) is 7.21. The third-order valence-electron chi connectivity index (χ3n) is 2.85. The van der Waals surface area contributed by atoms with Crippen LogP contribution in [0.3, 0.4) is 0 Å². The van der Waals surface area contributed by atoms with E-state index >= 15 is 0 Å². The third-order valence-corrected chi connectivity index (χ3v) is 4.14. The number of thiazole rings is 1. The monoisotopic (exact) mass is 310 g/mol. The van der Waals surface area contributed by atoms with Crippen LogP contribution in [0.15, 0.2) is 12.1 Å². The van der Waals surface area contributed by atoms with Gasteiger partial charge in [-0.15, -0.1) is 11.3 Å². The van der Waals surface area contributed by atoms with Crippen LogP contribution in [-0.4, -0.2) is 18.0 Å². The van der Waals surface area contributed by atoms with Crippen molar-refractivity contribution >= 4 is 34.5 Å². The van der Waals surface area contributed by atoms with E-state index in [1.54, 1.807) is 12.1 Å². The quantitative estimate of drug-likeness (QED) is 0.932. The maximum absolute atomic E-state index is 12.3. The molecule has 0 saturated carbocycles. The molecule has 1 amide bonds. The fourth-order valence-corrected chi connectivity index (χ4v) is 2.82. The zero-order valence-electron chi connectivity index (χ0n) is 11.7. The van der Waals surface area contributed by atoms with E-state index in [4.69, 9.17) is 16.3 Å². The van der Waals surface area contributed by atoms with Crippen LogP contribution in [0.2, 0.25) is 5.02 Å². The van der Waals surface area contributed by atoms with Gasteiger partial charge in [0.15, 0.2) is 0 Å². The molecule has 0 spiro atoms. The van der Waals surface area contributed by atoms with Crippen molar-refractivity contribution in [1.82, 2.24) is 4.98 Å². The topological polar surface area (TPSA) is 51.2 Å². The number of rotatable bonds is 3. The van der Waals surface area contributed by atoms with Gasteiger partial charge in [0.25, 0.3) is 5.91 Å². The lowest BCUT2D eigenvalue weighted by Gasteiger charge is -2.11. The van der Waals surface area contributed by atoms with E-state index in [0.717, 1.165) is 15.4 Å². The lowest BCUT2D eigenvalue weighted by atomic mass is 10.2. The molecule has 106 valence electrons. The van der Waals surface area contributed by atoms with Crippen LogP contribution in [-0.2, 0) is 0 Å². The first-order valence-electron chi connectivity index (χ1n) is 6.02. The Morgan fingerprint density at radius 2 is 2.05 bits per heavy atom. The number of hydrogen-bond donors (Lipinski definition) is 1. The number of halogens is 1. The van der Waals surface area contributed by atoms with E-state index in [2.05, 4.69) is 10.3 Å². The molecule has 1 aromatic carbocycles. The lowest BCUT2D eigenvalue weighted by molar-refractivity contribution is 0.102. The van der Waals surface area contributed by atoms with Crippen LogP contribution in [0.5, 0.6) is 5.75 Å². The van der Waals surface area contributed by atoms with Gasteiger partial charge in [0.1, 0.15) is 11.4 Å². The standard InChI is InChI=1S/C14H15ClN2O2S/c1-7-5-11(12(19-4)6-10(7)15)17-14(18)13-8(2)20-9(3)16-13/h5-6H,1-4H3,(H,17,18). The van der Waals surface area contributed by atoms with Gasteiger partial charge in [-0.05, 0) is 32.4 Å². The SMILES string of the molecule is COc1cc(Cl)c(C)cc1NC(=O)c1nc(C)sc1C. The first kappa shape index (κ1) is 14.8. The fraction of sp³-hybridized carbons (Fsp3) is 0.286. The van der Waals surface area contributed by atoms with Crippen molar-refractivity contribution in [2.75, 3.05) is 12.4 Å². The maximum Gasteiger partial charge on any atom is 0.275 e. The molecule has 0 atom stereocenters. The van der Waals surface area contributed by atoms with Crippen LogP contribution in [0.4, 0.5) is 5.69 Å². The zero-order chi connectivity index (χ0) is 14.9. The van der Waals surface area contributed by atoms with E-state index in [0.29, 0.717) is 22.2 Å². The molecular formula is C14H15ClN2O2S. The Morgan fingerprint density at radius 3 is 2.60 bits per heavy atom. The van der Waals surface area contributed by atoms with Crippen molar-refractivity contribution in [2.24, 2.45) is 0 Å². The number of hydrogen-bond acceptors (Lipinski definition) is 4. The lowest BCUT2D eigenvalue weighted by Crippen LogP contribution is -2.14. The normalized spacial score (nSPS) is 10.4. The van der Waals surface area contributed by atoms with Gasteiger partial charge >= 0.3 is 0 Å². The summed E-state index contributed by atoms with van der Waals surface area (Å²) in [5.41, 5.74) is 1.90. The van der Waals surface area contributed by atoms with Gasteiger partial charge in [0, 0.05) is 16.0 Å². The highest BCUT2D eigenvalue weighted by Crippen LogP contribution is 2.31. The Morgan fingerprint density at radius 1 is 1.35 bits per heavy atom. The maximum atomic E-state index is 12.3. The van der Waals surface area contributed by atoms with Gasteiger partial charge in [-0.2, -0.15) is 0 Å². The molecule has 20 heavy (non-hydrogen) atoms. The van der Waals surface area contributed by atoms with Gasteiger partial charge in [0.2, 0.25) is 0 Å². The third kappa shape index (κ3) is 2.94. The molecule has 1 heterocycles. The van der Waals surface area contributed by atoms with Crippen molar-refractivity contribution in [1.29, 1.82) is 0 Å². The second kappa shape index (κ2) is 5.81. The van der Waals surface area contributed by atoms with E-state index < -0.39 is 0 Å². The number of aromatic nitrogens is 1. The highest BCUT2D eigenvalue weighted by Gasteiger charge is 2.16. The number of nitrogens with one attached hydrogen (secondary N) is 1. The summed E-state index contributed by atoms with van der Waals surface area (Å²) in [6.07, 6.45) is 0. The summed E-state index contributed by atoms with van der Waals surface area (Å²) >= 11 is 7.54. The zero-order valence-corrected chi connectivity index (χ0v) is 13.3. The number of benzene rings is 1. The van der Waals surface area contributed by atoms with Crippen molar-refractivity contribution in [3.63, 3.8) is 0 Å². The predicted octanol–water partition coefficient (Wildman–Crippen LogP) is 3.98. The summed E-state index contributed by atoms with van der Waals surface area (Å²) in [5.74, 6) is 0.283. The minimum absolute atomic E-state index is 0.244. The van der Waals surface area contributed by atoms with E-state index in [1.807, 2.05) is 20.8 Å². The van der Waals surface area contributed by atoms with Gasteiger partial charge in [-0.3, -0.25) is 4.79 Å². The van der Waals surface area contributed by atoms with Crippen molar-refractivity contribution < 1.29 is 9.53 Å². The summed E-state index contributed by atoms with van der Waals surface area (Å²) in [4.78, 5) is 17.4. The molecule has 1 N–H and O–H groups in total. The summed E-state index contributed by atoms with van der Waals surface area (Å²) in [6, 6.07) is 3.47. The minimum Gasteiger partial charge on any atom is -0.495 e. The first-order chi connectivity index (χ1) is 9.42. The fourth-order valence-electron chi connectivity index (χ4n) is 1.85. The molecule has 0 radical (unpaired) electrons. The number of aryl methyl sites for hydroxylation is 3. The molecule has 2 aromatic rings. The average Bonchev–Trinajstić information content (AvgIpc) is 2.72. The average molecular weight is 311 g/mol. The summed E-state index contributed by atoms with van der Waals surface area (Å²) in [5, 5.41) is 4.29. The summed E-state index contributed by atoms with van der Waals surface area (Å²) in [6.45, 7) is 5.63. The second-order valence-corrected chi connectivity index (χ2v) is 6.21. The molecule has 0 aliphatic carbocycles. The number of methoxy groups -OCH3 is 1. The predicted molar refractivity (Wildman–Crippen MR) is 82.3 cm³/mol. The molecule has 0 fully saturated rings. The number of carbonyl (C=O) groups excluding carboxylic acids is 1. The highest BCUT2D eigenvalue weighted by atomic mass is 35.5. The van der Waals surface area contributed by atoms with Crippen LogP contribution in [0.25, 0.3) is 0 Å². The molecule has 6 heteroatoms. The molecule has 0 aliphatic rings. The number of nitrogens with zero attached hydrogens (tertiary/aromatic N) is 1. The number of ether oxygens (including phenoxy) is 1. The second-order valence-electron chi connectivity index (χ2n) is 4.39. The van der Waals surface area contributed by atoms with Crippen molar-refractivity contribution in [2.45, 2.75) is 20.8 Å². The van der Waals surface area contributed by atoms with Gasteiger partial charge in [-0.1, -0.05) is 11.6 Å². The molecule has 0 aliphatic heterocycles. The molecule has 1 aromatic heterocycles.